The summed E-state index contributed by atoms with van der Waals surface area (Å²) in [5.41, 5.74) is 3.86. The highest BCUT2D eigenvalue weighted by Gasteiger charge is 2.20. The standard InChI is InChI=1S/C17H20N2O/c20-15-8-6-13(7-9-15)10-12-18-16-5-1-3-14-4-2-11-19-17(14)16/h2,4,6-9,11,16,18,20H,1,3,5,10,12H2. The van der Waals surface area contributed by atoms with E-state index in [2.05, 4.69) is 16.4 Å². The summed E-state index contributed by atoms with van der Waals surface area (Å²) in [4.78, 5) is 4.54. The van der Waals surface area contributed by atoms with Gasteiger partial charge in [0.1, 0.15) is 5.75 Å². The van der Waals surface area contributed by atoms with Gasteiger partial charge in [-0.15, -0.1) is 0 Å². The van der Waals surface area contributed by atoms with Crippen LogP contribution < -0.4 is 5.32 Å². The molecule has 2 aromatic rings. The highest BCUT2D eigenvalue weighted by molar-refractivity contribution is 5.27. The van der Waals surface area contributed by atoms with Gasteiger partial charge in [-0.1, -0.05) is 18.2 Å². The van der Waals surface area contributed by atoms with Gasteiger partial charge in [-0.25, -0.2) is 0 Å². The summed E-state index contributed by atoms with van der Waals surface area (Å²) < 4.78 is 0. The fourth-order valence-corrected chi connectivity index (χ4v) is 2.86. The number of hydrogen-bond acceptors (Lipinski definition) is 3. The van der Waals surface area contributed by atoms with Gasteiger partial charge in [0, 0.05) is 12.2 Å². The van der Waals surface area contributed by atoms with Gasteiger partial charge < -0.3 is 10.4 Å². The molecule has 2 N–H and O–H groups in total. The quantitative estimate of drug-likeness (QED) is 0.896. The van der Waals surface area contributed by atoms with Gasteiger partial charge in [0.15, 0.2) is 0 Å². The van der Waals surface area contributed by atoms with Gasteiger partial charge in [0.05, 0.1) is 5.69 Å². The lowest BCUT2D eigenvalue weighted by atomic mass is 9.92. The number of nitrogens with zero attached hydrogens (tertiary/aromatic N) is 1. The molecule has 0 saturated carbocycles. The first kappa shape index (κ1) is 13.1. The second kappa shape index (κ2) is 6.06. The van der Waals surface area contributed by atoms with Crippen LogP contribution in [0.5, 0.6) is 5.75 Å². The van der Waals surface area contributed by atoms with E-state index in [1.807, 2.05) is 24.4 Å². The van der Waals surface area contributed by atoms with Crippen molar-refractivity contribution in [3.63, 3.8) is 0 Å². The molecule has 1 aliphatic carbocycles. The lowest BCUT2D eigenvalue weighted by Gasteiger charge is -2.25. The Bertz CT molecular complexity index is 565. The zero-order chi connectivity index (χ0) is 13.8. The van der Waals surface area contributed by atoms with Gasteiger partial charge in [-0.3, -0.25) is 4.98 Å². The summed E-state index contributed by atoms with van der Waals surface area (Å²) in [7, 11) is 0. The number of fused-ring (bicyclic) bond motifs is 1. The molecule has 1 atom stereocenters. The number of aromatic nitrogens is 1. The Morgan fingerprint density at radius 1 is 1.20 bits per heavy atom. The van der Waals surface area contributed by atoms with Gasteiger partial charge in [0.25, 0.3) is 0 Å². The largest absolute Gasteiger partial charge is 0.508 e. The number of phenolic OH excluding ortho intramolecular Hbond substituents is 1. The number of phenols is 1. The van der Waals surface area contributed by atoms with Gasteiger partial charge in [0.2, 0.25) is 0 Å². The molecule has 0 aliphatic heterocycles. The van der Waals surface area contributed by atoms with Crippen LogP contribution in [-0.4, -0.2) is 16.6 Å². The third kappa shape index (κ3) is 2.99. The van der Waals surface area contributed by atoms with Crippen LogP contribution in [0.15, 0.2) is 42.6 Å². The fraction of sp³-hybridized carbons (Fsp3) is 0.353. The third-order valence-electron chi connectivity index (χ3n) is 3.94. The molecule has 104 valence electrons. The zero-order valence-corrected chi connectivity index (χ0v) is 11.5. The maximum atomic E-state index is 9.27. The van der Waals surface area contributed by atoms with Crippen LogP contribution in [0.1, 0.15) is 35.7 Å². The molecule has 0 amide bonds. The second-order valence-electron chi connectivity index (χ2n) is 5.36. The smallest absolute Gasteiger partial charge is 0.115 e. The predicted octanol–water partition coefficient (Wildman–Crippen LogP) is 3.00. The number of pyridine rings is 1. The summed E-state index contributed by atoms with van der Waals surface area (Å²) in [5, 5.41) is 12.9. The molecule has 3 rings (SSSR count). The monoisotopic (exact) mass is 268 g/mol. The maximum Gasteiger partial charge on any atom is 0.115 e. The van der Waals surface area contributed by atoms with Gasteiger partial charge in [-0.2, -0.15) is 0 Å². The molecule has 0 saturated heterocycles. The van der Waals surface area contributed by atoms with Crippen molar-refractivity contribution in [1.29, 1.82) is 0 Å². The Hall–Kier alpha value is -1.87. The summed E-state index contributed by atoms with van der Waals surface area (Å²) >= 11 is 0. The minimum Gasteiger partial charge on any atom is -0.508 e. The first-order valence-corrected chi connectivity index (χ1v) is 7.28. The van der Waals surface area contributed by atoms with Crippen LogP contribution in [0.3, 0.4) is 0 Å². The van der Waals surface area contributed by atoms with Crippen molar-refractivity contribution in [2.75, 3.05) is 6.54 Å². The molecule has 0 radical (unpaired) electrons. The molecule has 1 aromatic carbocycles. The number of benzene rings is 1. The Balaban J connectivity index is 1.58. The molecule has 0 spiro atoms. The van der Waals surface area contributed by atoms with Crippen LogP contribution in [0.4, 0.5) is 0 Å². The first-order chi connectivity index (χ1) is 9.83. The second-order valence-corrected chi connectivity index (χ2v) is 5.36. The lowest BCUT2D eigenvalue weighted by Crippen LogP contribution is -2.27. The van der Waals surface area contributed by atoms with Crippen LogP contribution in [0.2, 0.25) is 0 Å². The Labute approximate surface area is 119 Å². The highest BCUT2D eigenvalue weighted by atomic mass is 16.3. The van der Waals surface area contributed by atoms with Gasteiger partial charge in [-0.05, 0) is 61.6 Å². The zero-order valence-electron chi connectivity index (χ0n) is 11.5. The summed E-state index contributed by atoms with van der Waals surface area (Å²) in [6.07, 6.45) is 6.41. The van der Waals surface area contributed by atoms with E-state index < -0.39 is 0 Å². The number of nitrogens with one attached hydrogen (secondary N) is 1. The third-order valence-corrected chi connectivity index (χ3v) is 3.94. The highest BCUT2D eigenvalue weighted by Crippen LogP contribution is 2.27. The lowest BCUT2D eigenvalue weighted by molar-refractivity contribution is 0.451. The Morgan fingerprint density at radius 3 is 2.90 bits per heavy atom. The molecule has 0 bridgehead atoms. The van der Waals surface area contributed by atoms with Crippen molar-refractivity contribution in [3.8, 4) is 5.75 Å². The van der Waals surface area contributed by atoms with Crippen LogP contribution in [0, 0.1) is 0 Å². The first-order valence-electron chi connectivity index (χ1n) is 7.28. The van der Waals surface area contributed by atoms with Crippen LogP contribution in [-0.2, 0) is 12.8 Å². The fourth-order valence-electron chi connectivity index (χ4n) is 2.86. The van der Waals surface area contributed by atoms with E-state index in [4.69, 9.17) is 0 Å². The maximum absolute atomic E-state index is 9.27. The summed E-state index contributed by atoms with van der Waals surface area (Å²) in [5.74, 6) is 0.326. The Morgan fingerprint density at radius 2 is 2.05 bits per heavy atom. The van der Waals surface area contributed by atoms with E-state index in [9.17, 15) is 5.11 Å². The minimum absolute atomic E-state index is 0.326. The van der Waals surface area contributed by atoms with E-state index >= 15 is 0 Å². The van der Waals surface area contributed by atoms with E-state index in [0.29, 0.717) is 11.8 Å². The SMILES string of the molecule is Oc1ccc(CCNC2CCCc3cccnc32)cc1. The number of hydrogen-bond donors (Lipinski definition) is 2. The predicted molar refractivity (Wildman–Crippen MR) is 79.7 cm³/mol. The van der Waals surface area contributed by atoms with E-state index in [1.54, 1.807) is 12.1 Å². The number of aryl methyl sites for hydroxylation is 1. The average molecular weight is 268 g/mol. The van der Waals surface area contributed by atoms with E-state index in [0.717, 1.165) is 19.4 Å². The molecule has 1 unspecified atom stereocenters. The number of aromatic hydroxyl groups is 1. The molecule has 1 aromatic heterocycles. The van der Waals surface area contributed by atoms with Crippen molar-refractivity contribution in [3.05, 3.63) is 59.4 Å². The van der Waals surface area contributed by atoms with Gasteiger partial charge >= 0.3 is 0 Å². The molecule has 1 heterocycles. The van der Waals surface area contributed by atoms with Crippen LogP contribution in [0.25, 0.3) is 0 Å². The molecular weight excluding hydrogens is 248 g/mol. The minimum atomic E-state index is 0.326. The van der Waals surface area contributed by atoms with Crippen molar-refractivity contribution in [2.24, 2.45) is 0 Å². The normalized spacial score (nSPS) is 17.7. The molecular formula is C17H20N2O. The number of rotatable bonds is 4. The van der Waals surface area contributed by atoms with E-state index in [-0.39, 0.29) is 0 Å². The topological polar surface area (TPSA) is 45.1 Å². The van der Waals surface area contributed by atoms with Crippen molar-refractivity contribution < 1.29 is 5.11 Å². The molecule has 0 fully saturated rings. The Kier molecular flexibility index (Phi) is 3.97. The van der Waals surface area contributed by atoms with Crippen molar-refractivity contribution in [1.82, 2.24) is 10.3 Å². The van der Waals surface area contributed by atoms with Crippen molar-refractivity contribution in [2.45, 2.75) is 31.7 Å². The molecule has 1 aliphatic rings. The summed E-state index contributed by atoms with van der Waals surface area (Å²) in [6, 6.07) is 12.0. The van der Waals surface area contributed by atoms with E-state index in [1.165, 1.54) is 29.7 Å². The molecule has 20 heavy (non-hydrogen) atoms. The summed E-state index contributed by atoms with van der Waals surface area (Å²) in [6.45, 7) is 0.936. The molecule has 3 nitrogen and oxygen atoms in total. The van der Waals surface area contributed by atoms with Crippen molar-refractivity contribution >= 4 is 0 Å². The average Bonchev–Trinajstić information content (AvgIpc) is 2.49. The van der Waals surface area contributed by atoms with Crippen LogP contribution >= 0.6 is 0 Å². The molecule has 3 heteroatoms.